The molecule has 0 aliphatic heterocycles. The van der Waals surface area contributed by atoms with E-state index in [-0.39, 0.29) is 18.1 Å². The van der Waals surface area contributed by atoms with Crippen molar-refractivity contribution in [1.29, 1.82) is 0 Å². The third kappa shape index (κ3) is 4.74. The lowest BCUT2D eigenvalue weighted by Gasteiger charge is -2.13. The maximum absolute atomic E-state index is 11.9. The van der Waals surface area contributed by atoms with Crippen LogP contribution in [0.2, 0.25) is 0 Å². The number of nitrogens with one attached hydrogen (secondary N) is 1. The van der Waals surface area contributed by atoms with Gasteiger partial charge < -0.3 is 20.7 Å². The molecular weight excluding hydrogens is 306 g/mol. The maximum Gasteiger partial charge on any atom is 0.258 e. The minimum atomic E-state index is -0.591. The van der Waals surface area contributed by atoms with Crippen LogP contribution in [0.4, 0.5) is 5.69 Å². The highest BCUT2D eigenvalue weighted by Gasteiger charge is 2.10. The van der Waals surface area contributed by atoms with Crippen LogP contribution in [0.3, 0.4) is 0 Å². The van der Waals surface area contributed by atoms with Crippen molar-refractivity contribution < 1.29 is 14.3 Å². The average Bonchev–Trinajstić information content (AvgIpc) is 2.58. The highest BCUT2D eigenvalue weighted by molar-refractivity contribution is 5.95. The molecule has 0 aliphatic rings. The lowest BCUT2D eigenvalue weighted by atomic mass is 10.2. The zero-order chi connectivity index (χ0) is 17.5. The van der Waals surface area contributed by atoms with Gasteiger partial charge in [0.2, 0.25) is 0 Å². The lowest BCUT2D eigenvalue weighted by molar-refractivity contribution is -0.123. The Hall–Kier alpha value is -3.02. The molecule has 2 amide bonds. The van der Waals surface area contributed by atoms with Crippen molar-refractivity contribution in [2.75, 3.05) is 25.6 Å². The number of anilines is 1. The average molecular weight is 327 g/mol. The van der Waals surface area contributed by atoms with Crippen molar-refractivity contribution in [2.24, 2.45) is 5.73 Å². The van der Waals surface area contributed by atoms with Crippen LogP contribution < -0.4 is 20.7 Å². The fraction of sp³-hybridized carbons (Fsp3) is 0.222. The minimum Gasteiger partial charge on any atom is -0.483 e. The molecular formula is C18H21N3O3. The van der Waals surface area contributed by atoms with Crippen LogP contribution in [0.5, 0.6) is 5.75 Å². The van der Waals surface area contributed by atoms with Gasteiger partial charge in [-0.25, -0.2) is 0 Å². The first-order valence-electron chi connectivity index (χ1n) is 7.52. The molecule has 2 aromatic carbocycles. The summed E-state index contributed by atoms with van der Waals surface area (Å²) in [6.07, 6.45) is 0. The van der Waals surface area contributed by atoms with E-state index in [9.17, 15) is 9.59 Å². The van der Waals surface area contributed by atoms with E-state index in [1.54, 1.807) is 24.3 Å². The van der Waals surface area contributed by atoms with Gasteiger partial charge in [-0.1, -0.05) is 24.3 Å². The zero-order valence-electron chi connectivity index (χ0n) is 13.8. The summed E-state index contributed by atoms with van der Waals surface area (Å²) in [5.74, 6) is -0.562. The molecule has 0 radical (unpaired) electrons. The predicted octanol–water partition coefficient (Wildman–Crippen LogP) is 1.55. The molecule has 0 aromatic heterocycles. The van der Waals surface area contributed by atoms with E-state index >= 15 is 0 Å². The molecule has 0 heterocycles. The molecule has 0 unspecified atom stereocenters. The number of nitrogens with zero attached hydrogens (tertiary/aromatic N) is 1. The lowest BCUT2D eigenvalue weighted by Crippen LogP contribution is -2.28. The second-order valence-corrected chi connectivity index (χ2v) is 5.49. The molecule has 2 rings (SSSR count). The minimum absolute atomic E-state index is 0.180. The summed E-state index contributed by atoms with van der Waals surface area (Å²) in [5.41, 5.74) is 7.61. The van der Waals surface area contributed by atoms with Gasteiger partial charge >= 0.3 is 0 Å². The van der Waals surface area contributed by atoms with Crippen LogP contribution in [0.25, 0.3) is 0 Å². The van der Waals surface area contributed by atoms with Gasteiger partial charge in [-0.2, -0.15) is 0 Å². The second-order valence-electron chi connectivity index (χ2n) is 5.49. The predicted molar refractivity (Wildman–Crippen MR) is 93.1 cm³/mol. The number of hydrogen-bond acceptors (Lipinski definition) is 4. The second kappa shape index (κ2) is 8.01. The van der Waals surface area contributed by atoms with Gasteiger partial charge in [-0.15, -0.1) is 0 Å². The molecule has 2 aromatic rings. The number of amides is 2. The van der Waals surface area contributed by atoms with Gasteiger partial charge in [-0.3, -0.25) is 9.59 Å². The molecule has 24 heavy (non-hydrogen) atoms. The normalized spacial score (nSPS) is 10.1. The molecule has 0 aliphatic carbocycles. The Morgan fingerprint density at radius 3 is 2.38 bits per heavy atom. The summed E-state index contributed by atoms with van der Waals surface area (Å²) >= 11 is 0. The Bertz CT molecular complexity index is 712. The van der Waals surface area contributed by atoms with Crippen molar-refractivity contribution >= 4 is 17.5 Å². The zero-order valence-corrected chi connectivity index (χ0v) is 13.8. The fourth-order valence-electron chi connectivity index (χ4n) is 2.10. The van der Waals surface area contributed by atoms with E-state index in [2.05, 4.69) is 5.32 Å². The summed E-state index contributed by atoms with van der Waals surface area (Å²) in [6.45, 7) is 0.230. The standard InChI is InChI=1S/C18H21N3O3/c1-21(2)14-9-7-13(8-10-14)11-20-17(22)12-24-16-6-4-3-5-15(16)18(19)23/h3-10H,11-12H2,1-2H3,(H2,19,23)(H,20,22). The maximum atomic E-state index is 11.9. The van der Waals surface area contributed by atoms with Gasteiger partial charge in [0.1, 0.15) is 5.75 Å². The summed E-state index contributed by atoms with van der Waals surface area (Å²) < 4.78 is 5.38. The summed E-state index contributed by atoms with van der Waals surface area (Å²) in [5, 5.41) is 2.77. The number of primary amides is 1. The molecule has 0 saturated carbocycles. The Morgan fingerprint density at radius 1 is 1.08 bits per heavy atom. The van der Waals surface area contributed by atoms with Crippen LogP contribution in [-0.2, 0) is 11.3 Å². The van der Waals surface area contributed by atoms with E-state index in [0.717, 1.165) is 11.3 Å². The molecule has 6 nitrogen and oxygen atoms in total. The molecule has 0 spiro atoms. The number of hydrogen-bond donors (Lipinski definition) is 2. The van der Waals surface area contributed by atoms with Gasteiger partial charge in [0, 0.05) is 26.3 Å². The van der Waals surface area contributed by atoms with Crippen molar-refractivity contribution in [1.82, 2.24) is 5.32 Å². The molecule has 0 saturated heterocycles. The SMILES string of the molecule is CN(C)c1ccc(CNC(=O)COc2ccccc2C(N)=O)cc1. The van der Waals surface area contributed by atoms with E-state index in [0.29, 0.717) is 12.3 Å². The Labute approximate surface area is 141 Å². The highest BCUT2D eigenvalue weighted by atomic mass is 16.5. The molecule has 0 bridgehead atoms. The quantitative estimate of drug-likeness (QED) is 0.808. The highest BCUT2D eigenvalue weighted by Crippen LogP contribution is 2.17. The summed E-state index contributed by atoms with van der Waals surface area (Å²) in [4.78, 5) is 25.2. The first kappa shape index (κ1) is 17.3. The number of benzene rings is 2. The van der Waals surface area contributed by atoms with Gasteiger partial charge in [0.15, 0.2) is 6.61 Å². The summed E-state index contributed by atoms with van der Waals surface area (Å²) in [6, 6.07) is 14.4. The van der Waals surface area contributed by atoms with Crippen molar-refractivity contribution in [3.8, 4) is 5.75 Å². The fourth-order valence-corrected chi connectivity index (χ4v) is 2.10. The van der Waals surface area contributed by atoms with E-state index in [1.165, 1.54) is 0 Å². The number of rotatable bonds is 7. The molecule has 0 atom stereocenters. The topological polar surface area (TPSA) is 84.7 Å². The third-order valence-electron chi connectivity index (χ3n) is 3.45. The van der Waals surface area contributed by atoms with E-state index < -0.39 is 5.91 Å². The summed E-state index contributed by atoms with van der Waals surface area (Å²) in [7, 11) is 3.94. The van der Waals surface area contributed by atoms with Crippen LogP contribution in [0, 0.1) is 0 Å². The molecule has 126 valence electrons. The monoisotopic (exact) mass is 327 g/mol. The van der Waals surface area contributed by atoms with Crippen molar-refractivity contribution in [2.45, 2.75) is 6.54 Å². The first-order valence-corrected chi connectivity index (χ1v) is 7.52. The Morgan fingerprint density at radius 2 is 1.75 bits per heavy atom. The van der Waals surface area contributed by atoms with Crippen molar-refractivity contribution in [3.63, 3.8) is 0 Å². The molecule has 3 N–H and O–H groups in total. The van der Waals surface area contributed by atoms with Gasteiger partial charge in [0.25, 0.3) is 11.8 Å². The Kier molecular flexibility index (Phi) is 5.78. The molecule has 6 heteroatoms. The van der Waals surface area contributed by atoms with Crippen LogP contribution in [0.15, 0.2) is 48.5 Å². The third-order valence-corrected chi connectivity index (χ3v) is 3.45. The molecule has 0 fully saturated rings. The largest absolute Gasteiger partial charge is 0.483 e. The van der Waals surface area contributed by atoms with Crippen LogP contribution in [0.1, 0.15) is 15.9 Å². The number of ether oxygens (including phenoxy) is 1. The smallest absolute Gasteiger partial charge is 0.258 e. The number of carbonyl (C=O) groups excluding carboxylic acids is 2. The number of carbonyl (C=O) groups is 2. The van der Waals surface area contributed by atoms with E-state index in [1.807, 2.05) is 43.3 Å². The first-order chi connectivity index (χ1) is 11.5. The van der Waals surface area contributed by atoms with Gasteiger partial charge in [0.05, 0.1) is 5.56 Å². The van der Waals surface area contributed by atoms with Gasteiger partial charge in [-0.05, 0) is 29.8 Å². The number of para-hydroxylation sites is 1. The van der Waals surface area contributed by atoms with E-state index in [4.69, 9.17) is 10.5 Å². The van der Waals surface area contributed by atoms with Crippen LogP contribution >= 0.6 is 0 Å². The van der Waals surface area contributed by atoms with Crippen molar-refractivity contribution in [3.05, 3.63) is 59.7 Å². The number of nitrogens with two attached hydrogens (primary N) is 1. The van der Waals surface area contributed by atoms with Crippen LogP contribution in [-0.4, -0.2) is 32.5 Å². The Balaban J connectivity index is 1.85.